The fraction of sp³-hybridized carbons (Fsp3) is 0.462. The molecular formula is C26H34N4O. The molecule has 31 heavy (non-hydrogen) atoms. The highest BCUT2D eigenvalue weighted by atomic mass is 16.1. The van der Waals surface area contributed by atoms with Gasteiger partial charge < -0.3 is 9.88 Å². The first-order valence-electron chi connectivity index (χ1n) is 11.6. The van der Waals surface area contributed by atoms with Crippen molar-refractivity contribution in [1.82, 2.24) is 14.5 Å². The molecule has 0 saturated carbocycles. The second kappa shape index (κ2) is 9.65. The molecule has 1 saturated heterocycles. The maximum Gasteiger partial charge on any atom is 0.228 e. The molecule has 0 radical (unpaired) electrons. The third-order valence-electron chi connectivity index (χ3n) is 6.22. The predicted molar refractivity (Wildman–Crippen MR) is 127 cm³/mol. The molecular weight excluding hydrogens is 384 g/mol. The van der Waals surface area contributed by atoms with E-state index >= 15 is 0 Å². The molecule has 1 aromatic heterocycles. The topological polar surface area (TPSA) is 50.2 Å². The number of likely N-dealkylation sites (tertiary alicyclic amines) is 1. The van der Waals surface area contributed by atoms with E-state index in [1.54, 1.807) is 0 Å². The molecule has 0 bridgehead atoms. The van der Waals surface area contributed by atoms with Crippen LogP contribution in [0.3, 0.4) is 0 Å². The average molecular weight is 419 g/mol. The minimum absolute atomic E-state index is 0.0142. The number of carbonyl (C=O) groups excluding carboxylic acids is 1. The number of aryl methyl sites for hydroxylation is 1. The van der Waals surface area contributed by atoms with Gasteiger partial charge in [-0.3, -0.25) is 9.69 Å². The van der Waals surface area contributed by atoms with Crippen LogP contribution in [0.15, 0.2) is 48.5 Å². The van der Waals surface area contributed by atoms with Gasteiger partial charge in [-0.15, -0.1) is 0 Å². The maximum absolute atomic E-state index is 13.1. The van der Waals surface area contributed by atoms with Crippen molar-refractivity contribution in [3.8, 4) is 0 Å². The normalized spacial score (nSPS) is 17.4. The number of benzene rings is 2. The van der Waals surface area contributed by atoms with E-state index < -0.39 is 0 Å². The van der Waals surface area contributed by atoms with Gasteiger partial charge in [-0.2, -0.15) is 0 Å². The van der Waals surface area contributed by atoms with Crippen LogP contribution in [-0.4, -0.2) is 33.4 Å². The van der Waals surface area contributed by atoms with Crippen LogP contribution in [0.2, 0.25) is 0 Å². The number of para-hydroxylation sites is 3. The highest BCUT2D eigenvalue weighted by molar-refractivity contribution is 5.93. The second-order valence-electron chi connectivity index (χ2n) is 8.95. The molecule has 4 rings (SSSR count). The molecule has 2 heterocycles. The van der Waals surface area contributed by atoms with E-state index in [9.17, 15) is 4.79 Å². The van der Waals surface area contributed by atoms with Gasteiger partial charge in [0.15, 0.2) is 0 Å². The Morgan fingerprint density at radius 3 is 2.74 bits per heavy atom. The van der Waals surface area contributed by atoms with E-state index in [4.69, 9.17) is 4.98 Å². The summed E-state index contributed by atoms with van der Waals surface area (Å²) in [6.45, 7) is 9.15. The average Bonchev–Trinajstić information content (AvgIpc) is 3.13. The third-order valence-corrected chi connectivity index (χ3v) is 6.22. The lowest BCUT2D eigenvalue weighted by atomic mass is 9.96. The number of nitrogens with one attached hydrogen (secondary N) is 1. The summed E-state index contributed by atoms with van der Waals surface area (Å²) in [5, 5.41) is 3.21. The zero-order valence-electron chi connectivity index (χ0n) is 19.0. The van der Waals surface area contributed by atoms with Crippen LogP contribution in [-0.2, 0) is 17.8 Å². The summed E-state index contributed by atoms with van der Waals surface area (Å²) in [6.07, 6.45) is 4.04. The largest absolute Gasteiger partial charge is 0.326 e. The quantitative estimate of drug-likeness (QED) is 0.557. The molecule has 0 spiro atoms. The van der Waals surface area contributed by atoms with Gasteiger partial charge in [-0.05, 0) is 63.4 Å². The molecule has 1 fully saturated rings. The molecule has 0 unspecified atom stereocenters. The zero-order valence-corrected chi connectivity index (χ0v) is 19.0. The molecule has 0 aliphatic carbocycles. The molecule has 1 aliphatic rings. The van der Waals surface area contributed by atoms with Gasteiger partial charge in [0, 0.05) is 18.3 Å². The smallest absolute Gasteiger partial charge is 0.228 e. The fourth-order valence-corrected chi connectivity index (χ4v) is 4.76. The summed E-state index contributed by atoms with van der Waals surface area (Å²) < 4.78 is 2.33. The van der Waals surface area contributed by atoms with Gasteiger partial charge in [0.1, 0.15) is 5.82 Å². The van der Waals surface area contributed by atoms with Crippen LogP contribution >= 0.6 is 0 Å². The molecule has 1 atom stereocenters. The Morgan fingerprint density at radius 1 is 1.16 bits per heavy atom. The van der Waals surface area contributed by atoms with Gasteiger partial charge in [-0.1, -0.05) is 43.7 Å². The van der Waals surface area contributed by atoms with Crippen molar-refractivity contribution < 1.29 is 4.79 Å². The monoisotopic (exact) mass is 418 g/mol. The van der Waals surface area contributed by atoms with Gasteiger partial charge in [0.25, 0.3) is 0 Å². The number of rotatable bonds is 7. The number of piperidine rings is 1. The Labute approximate surface area is 185 Å². The van der Waals surface area contributed by atoms with Gasteiger partial charge in [0.2, 0.25) is 5.91 Å². The molecule has 1 aliphatic heterocycles. The third kappa shape index (κ3) is 4.82. The lowest BCUT2D eigenvalue weighted by Crippen LogP contribution is -2.40. The van der Waals surface area contributed by atoms with E-state index in [2.05, 4.69) is 59.8 Å². The lowest BCUT2D eigenvalue weighted by molar-refractivity contribution is -0.121. The van der Waals surface area contributed by atoms with E-state index in [0.29, 0.717) is 6.04 Å². The Hall–Kier alpha value is -2.66. The van der Waals surface area contributed by atoms with Crippen molar-refractivity contribution in [2.45, 2.75) is 59.0 Å². The summed E-state index contributed by atoms with van der Waals surface area (Å²) >= 11 is 0. The van der Waals surface area contributed by atoms with Crippen molar-refractivity contribution in [1.29, 1.82) is 0 Å². The molecule has 164 valence electrons. The molecule has 5 heteroatoms. The summed E-state index contributed by atoms with van der Waals surface area (Å²) in [6, 6.07) is 16.9. The first-order valence-corrected chi connectivity index (χ1v) is 11.6. The number of anilines is 1. The molecule has 1 amide bonds. The number of carbonyl (C=O) groups is 1. The number of hydrogen-bond donors (Lipinski definition) is 1. The predicted octanol–water partition coefficient (Wildman–Crippen LogP) is 5.42. The van der Waals surface area contributed by atoms with Crippen molar-refractivity contribution in [2.24, 2.45) is 5.92 Å². The first-order chi connectivity index (χ1) is 15.1. The Kier molecular flexibility index (Phi) is 6.71. The number of imidazole rings is 1. The zero-order chi connectivity index (χ0) is 21.8. The number of amides is 1. The van der Waals surface area contributed by atoms with Gasteiger partial charge in [-0.25, -0.2) is 4.98 Å². The van der Waals surface area contributed by atoms with Crippen LogP contribution in [0.4, 0.5) is 5.69 Å². The van der Waals surface area contributed by atoms with Crippen LogP contribution in [0.5, 0.6) is 0 Å². The highest BCUT2D eigenvalue weighted by Gasteiger charge is 2.27. The van der Waals surface area contributed by atoms with E-state index in [1.165, 1.54) is 11.1 Å². The Morgan fingerprint density at radius 2 is 1.94 bits per heavy atom. The minimum Gasteiger partial charge on any atom is -0.326 e. The van der Waals surface area contributed by atoms with Gasteiger partial charge >= 0.3 is 0 Å². The van der Waals surface area contributed by atoms with Crippen molar-refractivity contribution in [3.05, 3.63) is 59.9 Å². The summed E-state index contributed by atoms with van der Waals surface area (Å²) in [4.78, 5) is 20.4. The second-order valence-corrected chi connectivity index (χ2v) is 8.95. The Bertz CT molecular complexity index is 1040. The summed E-state index contributed by atoms with van der Waals surface area (Å²) in [5.41, 5.74) is 4.42. The molecule has 5 nitrogen and oxygen atoms in total. The maximum atomic E-state index is 13.1. The minimum atomic E-state index is 0.0142. The fourth-order valence-electron chi connectivity index (χ4n) is 4.76. The van der Waals surface area contributed by atoms with E-state index in [-0.39, 0.29) is 11.8 Å². The van der Waals surface area contributed by atoms with Gasteiger partial charge in [0.05, 0.1) is 23.5 Å². The molecule has 1 N–H and O–H groups in total. The number of aromatic nitrogens is 2. The Balaban J connectivity index is 1.46. The molecule has 3 aromatic rings. The van der Waals surface area contributed by atoms with Crippen LogP contribution in [0, 0.1) is 5.92 Å². The van der Waals surface area contributed by atoms with Crippen LogP contribution < -0.4 is 5.32 Å². The van der Waals surface area contributed by atoms with Crippen molar-refractivity contribution in [3.63, 3.8) is 0 Å². The number of fused-ring (bicyclic) bond motifs is 1. The summed E-state index contributed by atoms with van der Waals surface area (Å²) in [7, 11) is 0. The van der Waals surface area contributed by atoms with Crippen molar-refractivity contribution >= 4 is 22.6 Å². The lowest BCUT2D eigenvalue weighted by Gasteiger charge is -2.32. The number of nitrogens with zero attached hydrogens (tertiary/aromatic N) is 3. The summed E-state index contributed by atoms with van der Waals surface area (Å²) in [5.74, 6) is 1.25. The number of hydrogen-bond acceptors (Lipinski definition) is 3. The first kappa shape index (κ1) is 21.6. The standard InChI is InChI=1S/C26H34N4O/c1-4-10-20-11-5-6-13-22(20)28-26(31)21-12-9-16-29(17-21)18-25-27-23-14-7-8-15-24(23)30(25)19(2)3/h5-8,11,13-15,19,21H,4,9-10,12,16-18H2,1-3H3,(H,28,31)/t21-/m1/s1. The van der Waals surface area contributed by atoms with E-state index in [0.717, 1.165) is 62.3 Å². The highest BCUT2D eigenvalue weighted by Crippen LogP contribution is 2.25. The van der Waals surface area contributed by atoms with Crippen molar-refractivity contribution in [2.75, 3.05) is 18.4 Å². The van der Waals surface area contributed by atoms with Crippen LogP contribution in [0.1, 0.15) is 57.5 Å². The SMILES string of the molecule is CCCc1ccccc1NC(=O)[C@@H]1CCCN(Cc2nc3ccccc3n2C(C)C)C1. The van der Waals surface area contributed by atoms with Crippen LogP contribution in [0.25, 0.3) is 11.0 Å². The van der Waals surface area contributed by atoms with E-state index in [1.807, 2.05) is 24.3 Å². The molecule has 2 aromatic carbocycles.